The predicted octanol–water partition coefficient (Wildman–Crippen LogP) is 2.94. The minimum atomic E-state index is 0.256. The van der Waals surface area contributed by atoms with Crippen molar-refractivity contribution in [2.75, 3.05) is 0 Å². The summed E-state index contributed by atoms with van der Waals surface area (Å²) >= 11 is 0. The summed E-state index contributed by atoms with van der Waals surface area (Å²) in [4.78, 5) is 0. The molecule has 0 aliphatic carbocycles. The van der Waals surface area contributed by atoms with Crippen molar-refractivity contribution in [3.05, 3.63) is 48.5 Å². The van der Waals surface area contributed by atoms with E-state index in [-0.39, 0.29) is 5.75 Å². The number of aromatic nitrogens is 2. The SMILES string of the molecule is Oc1ccc2[nH]nc(-c3ccccc3)c2c1. The van der Waals surface area contributed by atoms with Crippen LogP contribution in [-0.2, 0) is 0 Å². The van der Waals surface area contributed by atoms with Crippen LogP contribution in [0.2, 0.25) is 0 Å². The Balaban J connectivity index is 2.29. The number of phenolic OH excluding ortho intramolecular Hbond substituents is 1. The third-order valence-electron chi connectivity index (χ3n) is 2.59. The molecule has 0 aliphatic heterocycles. The van der Waals surface area contributed by atoms with Gasteiger partial charge >= 0.3 is 0 Å². The Morgan fingerprint density at radius 2 is 1.81 bits per heavy atom. The predicted molar refractivity (Wildman–Crippen MR) is 63.2 cm³/mol. The summed E-state index contributed by atoms with van der Waals surface area (Å²) in [5.41, 5.74) is 2.84. The van der Waals surface area contributed by atoms with Gasteiger partial charge in [-0.2, -0.15) is 5.10 Å². The van der Waals surface area contributed by atoms with Gasteiger partial charge in [0.05, 0.1) is 5.52 Å². The largest absolute Gasteiger partial charge is 0.508 e. The van der Waals surface area contributed by atoms with Gasteiger partial charge in [-0.05, 0) is 18.2 Å². The standard InChI is InChI=1S/C13H10N2O/c16-10-6-7-12-11(8-10)13(15-14-12)9-4-2-1-3-5-9/h1-8,16H,(H,14,15). The van der Waals surface area contributed by atoms with E-state index in [1.807, 2.05) is 36.4 Å². The monoisotopic (exact) mass is 210 g/mol. The maximum Gasteiger partial charge on any atom is 0.116 e. The fourth-order valence-corrected chi connectivity index (χ4v) is 1.82. The third kappa shape index (κ3) is 1.34. The van der Waals surface area contributed by atoms with Crippen LogP contribution in [0, 0.1) is 0 Å². The molecule has 0 aliphatic rings. The first-order valence-corrected chi connectivity index (χ1v) is 5.07. The molecule has 3 heteroatoms. The molecule has 0 spiro atoms. The fraction of sp³-hybridized carbons (Fsp3) is 0. The van der Waals surface area contributed by atoms with Crippen molar-refractivity contribution in [1.82, 2.24) is 10.2 Å². The van der Waals surface area contributed by atoms with Crippen molar-refractivity contribution in [3.8, 4) is 17.0 Å². The first-order valence-electron chi connectivity index (χ1n) is 5.07. The second-order valence-electron chi connectivity index (χ2n) is 3.67. The van der Waals surface area contributed by atoms with E-state index in [4.69, 9.17) is 0 Å². The minimum Gasteiger partial charge on any atom is -0.508 e. The number of rotatable bonds is 1. The van der Waals surface area contributed by atoms with Gasteiger partial charge in [-0.3, -0.25) is 5.10 Å². The highest BCUT2D eigenvalue weighted by molar-refractivity contribution is 5.93. The Morgan fingerprint density at radius 3 is 2.62 bits per heavy atom. The topological polar surface area (TPSA) is 48.9 Å². The minimum absolute atomic E-state index is 0.256. The number of benzene rings is 2. The molecule has 0 bridgehead atoms. The molecule has 0 amide bonds. The Bertz CT molecular complexity index is 629. The molecular weight excluding hydrogens is 200 g/mol. The Labute approximate surface area is 92.4 Å². The molecule has 0 unspecified atom stereocenters. The molecule has 3 aromatic rings. The smallest absolute Gasteiger partial charge is 0.116 e. The number of nitrogens with zero attached hydrogens (tertiary/aromatic N) is 1. The first-order chi connectivity index (χ1) is 7.84. The Morgan fingerprint density at radius 1 is 1.00 bits per heavy atom. The number of fused-ring (bicyclic) bond motifs is 1. The van der Waals surface area contributed by atoms with Gasteiger partial charge in [0.25, 0.3) is 0 Å². The normalized spacial score (nSPS) is 10.8. The lowest BCUT2D eigenvalue weighted by atomic mass is 10.1. The lowest BCUT2D eigenvalue weighted by molar-refractivity contribution is 0.476. The summed E-state index contributed by atoms with van der Waals surface area (Å²) < 4.78 is 0. The van der Waals surface area contributed by atoms with Crippen molar-refractivity contribution in [2.24, 2.45) is 0 Å². The fourth-order valence-electron chi connectivity index (χ4n) is 1.82. The number of aromatic hydroxyl groups is 1. The van der Waals surface area contributed by atoms with Crippen LogP contribution >= 0.6 is 0 Å². The lowest BCUT2D eigenvalue weighted by Crippen LogP contribution is -1.77. The molecule has 78 valence electrons. The van der Waals surface area contributed by atoms with E-state index in [1.54, 1.807) is 12.1 Å². The van der Waals surface area contributed by atoms with Crippen LogP contribution in [0.4, 0.5) is 0 Å². The van der Waals surface area contributed by atoms with Gasteiger partial charge < -0.3 is 5.11 Å². The van der Waals surface area contributed by atoms with Crippen LogP contribution in [0.1, 0.15) is 0 Å². The van der Waals surface area contributed by atoms with E-state index in [1.165, 1.54) is 0 Å². The van der Waals surface area contributed by atoms with Gasteiger partial charge in [0.1, 0.15) is 11.4 Å². The van der Waals surface area contributed by atoms with E-state index >= 15 is 0 Å². The first kappa shape index (κ1) is 8.97. The van der Waals surface area contributed by atoms with E-state index in [0.717, 1.165) is 22.2 Å². The molecule has 16 heavy (non-hydrogen) atoms. The number of hydrogen-bond acceptors (Lipinski definition) is 2. The summed E-state index contributed by atoms with van der Waals surface area (Å²) in [6, 6.07) is 15.1. The van der Waals surface area contributed by atoms with Crippen LogP contribution in [-0.4, -0.2) is 15.3 Å². The van der Waals surface area contributed by atoms with E-state index < -0.39 is 0 Å². The Kier molecular flexibility index (Phi) is 1.90. The highest BCUT2D eigenvalue weighted by Crippen LogP contribution is 2.28. The van der Waals surface area contributed by atoms with Gasteiger partial charge in [-0.15, -0.1) is 0 Å². The van der Waals surface area contributed by atoms with Crippen LogP contribution in [0.3, 0.4) is 0 Å². The number of nitrogens with one attached hydrogen (secondary N) is 1. The maximum absolute atomic E-state index is 9.48. The molecule has 0 atom stereocenters. The second kappa shape index (κ2) is 3.38. The van der Waals surface area contributed by atoms with Crippen LogP contribution in [0.15, 0.2) is 48.5 Å². The van der Waals surface area contributed by atoms with Crippen molar-refractivity contribution in [3.63, 3.8) is 0 Å². The van der Waals surface area contributed by atoms with Gasteiger partial charge in [0.15, 0.2) is 0 Å². The van der Waals surface area contributed by atoms with Crippen molar-refractivity contribution in [1.29, 1.82) is 0 Å². The molecular formula is C13H10N2O. The van der Waals surface area contributed by atoms with E-state index in [9.17, 15) is 5.11 Å². The summed E-state index contributed by atoms with van der Waals surface area (Å²) in [6.45, 7) is 0. The molecule has 0 fully saturated rings. The molecule has 0 saturated heterocycles. The zero-order chi connectivity index (χ0) is 11.0. The van der Waals surface area contributed by atoms with Gasteiger partial charge in [0, 0.05) is 10.9 Å². The molecule has 3 rings (SSSR count). The maximum atomic E-state index is 9.48. The van der Waals surface area contributed by atoms with Gasteiger partial charge in [0.2, 0.25) is 0 Å². The molecule has 2 N–H and O–H groups in total. The third-order valence-corrected chi connectivity index (χ3v) is 2.59. The van der Waals surface area contributed by atoms with E-state index in [2.05, 4.69) is 10.2 Å². The van der Waals surface area contributed by atoms with Crippen LogP contribution < -0.4 is 0 Å². The second-order valence-corrected chi connectivity index (χ2v) is 3.67. The van der Waals surface area contributed by atoms with Crippen molar-refractivity contribution < 1.29 is 5.11 Å². The van der Waals surface area contributed by atoms with E-state index in [0.29, 0.717) is 0 Å². The number of H-pyrrole nitrogens is 1. The van der Waals surface area contributed by atoms with Crippen molar-refractivity contribution >= 4 is 10.9 Å². The molecule has 0 radical (unpaired) electrons. The number of phenols is 1. The zero-order valence-electron chi connectivity index (χ0n) is 8.51. The summed E-state index contributed by atoms with van der Waals surface area (Å²) in [5, 5.41) is 17.6. The molecule has 2 aromatic carbocycles. The highest BCUT2D eigenvalue weighted by Gasteiger charge is 2.07. The van der Waals surface area contributed by atoms with Gasteiger partial charge in [-0.1, -0.05) is 30.3 Å². The number of hydrogen-bond donors (Lipinski definition) is 2. The van der Waals surface area contributed by atoms with Gasteiger partial charge in [-0.25, -0.2) is 0 Å². The number of aromatic amines is 1. The summed E-state index contributed by atoms with van der Waals surface area (Å²) in [6.07, 6.45) is 0. The molecule has 3 nitrogen and oxygen atoms in total. The lowest BCUT2D eigenvalue weighted by Gasteiger charge is -1.97. The quantitative estimate of drug-likeness (QED) is 0.648. The molecule has 0 saturated carbocycles. The van der Waals surface area contributed by atoms with Crippen LogP contribution in [0.25, 0.3) is 22.2 Å². The zero-order valence-corrected chi connectivity index (χ0v) is 8.51. The van der Waals surface area contributed by atoms with Crippen molar-refractivity contribution in [2.45, 2.75) is 0 Å². The molecule has 1 heterocycles. The summed E-state index contributed by atoms with van der Waals surface area (Å²) in [7, 11) is 0. The average molecular weight is 210 g/mol. The summed E-state index contributed by atoms with van der Waals surface area (Å²) in [5.74, 6) is 0.256. The van der Waals surface area contributed by atoms with Crippen LogP contribution in [0.5, 0.6) is 5.75 Å². The molecule has 1 aromatic heterocycles. The average Bonchev–Trinajstić information content (AvgIpc) is 2.73. The Hall–Kier alpha value is -2.29. The highest BCUT2D eigenvalue weighted by atomic mass is 16.3.